The average molecular weight is 334 g/mol. The molecule has 0 aliphatic rings. The number of phenolic OH excluding ortho intramolecular Hbond substituents is 1. The molecule has 0 saturated carbocycles. The van der Waals surface area contributed by atoms with E-state index in [1.165, 1.54) is 31.6 Å². The van der Waals surface area contributed by atoms with E-state index in [-0.39, 0.29) is 10.8 Å². The number of aromatic hydroxyl groups is 1. The number of nitrogens with zero attached hydrogens (tertiary/aromatic N) is 3. The van der Waals surface area contributed by atoms with E-state index in [9.17, 15) is 9.50 Å². The molecule has 0 unspecified atom stereocenters. The molecule has 3 aromatic rings. The number of hydrogen-bond acceptors (Lipinski definition) is 5. The first-order valence-electron chi connectivity index (χ1n) is 6.71. The van der Waals surface area contributed by atoms with E-state index in [2.05, 4.69) is 9.97 Å². The monoisotopic (exact) mass is 333 g/mol. The number of rotatable bonds is 3. The summed E-state index contributed by atoms with van der Waals surface area (Å²) >= 11 is 5.84. The lowest BCUT2D eigenvalue weighted by atomic mass is 10.2. The summed E-state index contributed by atoms with van der Waals surface area (Å²) in [5.74, 6) is 0.380. The molecule has 0 bridgehead atoms. The van der Waals surface area contributed by atoms with Crippen molar-refractivity contribution in [1.82, 2.24) is 9.97 Å². The number of aromatic nitrogens is 2. The van der Waals surface area contributed by atoms with Crippen LogP contribution in [-0.2, 0) is 0 Å². The van der Waals surface area contributed by atoms with Gasteiger partial charge in [0.1, 0.15) is 18.0 Å². The van der Waals surface area contributed by atoms with Gasteiger partial charge in [-0.1, -0.05) is 11.6 Å². The SMILES string of the molecule is COc1cc2ncnc(N(C)c3ccc(F)c(Cl)c3)c2cc1O. The first-order chi connectivity index (χ1) is 11.0. The molecule has 0 spiro atoms. The number of hydrogen-bond donors (Lipinski definition) is 1. The molecule has 0 aliphatic carbocycles. The van der Waals surface area contributed by atoms with Crippen molar-refractivity contribution < 1.29 is 14.2 Å². The summed E-state index contributed by atoms with van der Waals surface area (Å²) in [5.41, 5.74) is 1.27. The summed E-state index contributed by atoms with van der Waals surface area (Å²) in [5, 5.41) is 10.7. The third-order valence-electron chi connectivity index (χ3n) is 3.52. The topological polar surface area (TPSA) is 58.5 Å². The largest absolute Gasteiger partial charge is 0.504 e. The zero-order chi connectivity index (χ0) is 16.6. The Hall–Kier alpha value is -2.60. The molecule has 0 fully saturated rings. The Morgan fingerprint density at radius 1 is 1.22 bits per heavy atom. The zero-order valence-electron chi connectivity index (χ0n) is 12.4. The van der Waals surface area contributed by atoms with E-state index in [1.807, 2.05) is 0 Å². The van der Waals surface area contributed by atoms with Crippen molar-refractivity contribution in [3.63, 3.8) is 0 Å². The minimum absolute atomic E-state index is 0.0124. The second-order valence-corrected chi connectivity index (χ2v) is 5.30. The molecule has 7 heteroatoms. The quantitative estimate of drug-likeness (QED) is 0.787. The number of fused-ring (bicyclic) bond motifs is 1. The van der Waals surface area contributed by atoms with Crippen LogP contribution in [0.3, 0.4) is 0 Å². The Balaban J connectivity index is 2.15. The van der Waals surface area contributed by atoms with Crippen molar-refractivity contribution >= 4 is 34.0 Å². The molecule has 5 nitrogen and oxygen atoms in total. The molecule has 1 N–H and O–H groups in total. The molecule has 0 saturated heterocycles. The number of ether oxygens (including phenoxy) is 1. The van der Waals surface area contributed by atoms with Crippen molar-refractivity contribution in [3.05, 3.63) is 47.5 Å². The zero-order valence-corrected chi connectivity index (χ0v) is 13.2. The van der Waals surface area contributed by atoms with Crippen LogP contribution in [0.15, 0.2) is 36.7 Å². The highest BCUT2D eigenvalue weighted by atomic mass is 35.5. The molecule has 3 rings (SSSR count). The van der Waals surface area contributed by atoms with E-state index in [0.717, 1.165) is 0 Å². The third-order valence-corrected chi connectivity index (χ3v) is 3.81. The number of methoxy groups -OCH3 is 1. The van der Waals surface area contributed by atoms with Crippen molar-refractivity contribution in [3.8, 4) is 11.5 Å². The first kappa shape index (κ1) is 15.3. The Kier molecular flexibility index (Phi) is 3.92. The van der Waals surface area contributed by atoms with Crippen LogP contribution in [-0.4, -0.2) is 29.2 Å². The van der Waals surface area contributed by atoms with Gasteiger partial charge in [0.2, 0.25) is 0 Å². The van der Waals surface area contributed by atoms with Gasteiger partial charge in [-0.05, 0) is 24.3 Å². The van der Waals surface area contributed by atoms with E-state index in [1.54, 1.807) is 24.1 Å². The molecule has 0 atom stereocenters. The molecule has 0 aliphatic heterocycles. The molecule has 23 heavy (non-hydrogen) atoms. The van der Waals surface area contributed by atoms with Crippen LogP contribution in [0.5, 0.6) is 11.5 Å². The fraction of sp³-hybridized carbons (Fsp3) is 0.125. The lowest BCUT2D eigenvalue weighted by Gasteiger charge is -2.20. The highest BCUT2D eigenvalue weighted by Gasteiger charge is 2.14. The van der Waals surface area contributed by atoms with E-state index >= 15 is 0 Å². The number of halogens is 2. The van der Waals surface area contributed by atoms with E-state index in [4.69, 9.17) is 16.3 Å². The predicted molar refractivity (Wildman–Crippen MR) is 87.2 cm³/mol. The van der Waals surface area contributed by atoms with Gasteiger partial charge in [0.05, 0.1) is 17.6 Å². The third kappa shape index (κ3) is 2.73. The van der Waals surface area contributed by atoms with Crippen molar-refractivity contribution in [1.29, 1.82) is 0 Å². The van der Waals surface area contributed by atoms with Crippen LogP contribution >= 0.6 is 11.6 Å². The van der Waals surface area contributed by atoms with Crippen molar-refractivity contribution in [2.45, 2.75) is 0 Å². The van der Waals surface area contributed by atoms with Crippen LogP contribution in [0.2, 0.25) is 5.02 Å². The maximum absolute atomic E-state index is 13.3. The van der Waals surface area contributed by atoms with Crippen LogP contribution in [0.4, 0.5) is 15.9 Å². The Morgan fingerprint density at radius 3 is 2.70 bits per heavy atom. The highest BCUT2D eigenvalue weighted by molar-refractivity contribution is 6.31. The molecular formula is C16H13ClFN3O2. The molecule has 1 heterocycles. The minimum atomic E-state index is -0.487. The second kappa shape index (κ2) is 5.89. The lowest BCUT2D eigenvalue weighted by Crippen LogP contribution is -2.12. The van der Waals surface area contributed by atoms with Gasteiger partial charge >= 0.3 is 0 Å². The van der Waals surface area contributed by atoms with Crippen molar-refractivity contribution in [2.75, 3.05) is 19.1 Å². The van der Waals surface area contributed by atoms with Gasteiger partial charge in [-0.2, -0.15) is 0 Å². The Bertz CT molecular complexity index is 889. The molecule has 0 amide bonds. The summed E-state index contributed by atoms with van der Waals surface area (Å²) in [4.78, 5) is 10.2. The summed E-state index contributed by atoms with van der Waals surface area (Å²) in [6.07, 6.45) is 1.41. The van der Waals surface area contributed by atoms with Gasteiger partial charge in [0.15, 0.2) is 11.5 Å². The van der Waals surface area contributed by atoms with E-state index in [0.29, 0.717) is 28.2 Å². The molecular weight excluding hydrogens is 321 g/mol. The normalized spacial score (nSPS) is 10.8. The standard InChI is InChI=1S/C16H13ClFN3O2/c1-21(9-3-4-12(18)11(17)5-9)16-10-6-14(22)15(23-2)7-13(10)19-8-20-16/h3-8,22H,1-2H3. The van der Waals surface area contributed by atoms with Crippen LogP contribution in [0, 0.1) is 5.82 Å². The minimum Gasteiger partial charge on any atom is -0.504 e. The summed E-state index contributed by atoms with van der Waals surface area (Å²) in [7, 11) is 3.24. The average Bonchev–Trinajstić information content (AvgIpc) is 2.55. The predicted octanol–water partition coefficient (Wildman–Crippen LogP) is 3.90. The molecule has 0 radical (unpaired) electrons. The van der Waals surface area contributed by atoms with Gasteiger partial charge in [-0.3, -0.25) is 0 Å². The maximum atomic E-state index is 13.3. The van der Waals surface area contributed by atoms with Gasteiger partial charge in [0.25, 0.3) is 0 Å². The van der Waals surface area contributed by atoms with Crippen LogP contribution < -0.4 is 9.64 Å². The first-order valence-corrected chi connectivity index (χ1v) is 7.09. The maximum Gasteiger partial charge on any atom is 0.162 e. The van der Waals surface area contributed by atoms with Gasteiger partial charge in [-0.15, -0.1) is 0 Å². The number of phenols is 1. The van der Waals surface area contributed by atoms with Crippen LogP contribution in [0.1, 0.15) is 0 Å². The summed E-state index contributed by atoms with van der Waals surface area (Å²) < 4.78 is 18.4. The molecule has 118 valence electrons. The van der Waals surface area contributed by atoms with Gasteiger partial charge < -0.3 is 14.7 Å². The van der Waals surface area contributed by atoms with Crippen LogP contribution in [0.25, 0.3) is 10.9 Å². The van der Waals surface area contributed by atoms with Gasteiger partial charge in [0, 0.05) is 24.2 Å². The highest BCUT2D eigenvalue weighted by Crippen LogP contribution is 2.36. The fourth-order valence-corrected chi connectivity index (χ4v) is 2.48. The number of anilines is 2. The van der Waals surface area contributed by atoms with E-state index < -0.39 is 5.82 Å². The van der Waals surface area contributed by atoms with Gasteiger partial charge in [-0.25, -0.2) is 14.4 Å². The second-order valence-electron chi connectivity index (χ2n) is 4.90. The molecule has 1 aromatic heterocycles. The smallest absolute Gasteiger partial charge is 0.162 e. The summed E-state index contributed by atoms with van der Waals surface area (Å²) in [6.45, 7) is 0. The van der Waals surface area contributed by atoms with Crippen molar-refractivity contribution in [2.24, 2.45) is 0 Å². The summed E-state index contributed by atoms with van der Waals surface area (Å²) in [6, 6.07) is 7.55. The lowest BCUT2D eigenvalue weighted by molar-refractivity contribution is 0.374. The Morgan fingerprint density at radius 2 is 2.00 bits per heavy atom. The Labute approximate surface area is 136 Å². The molecule has 2 aromatic carbocycles. The fourth-order valence-electron chi connectivity index (χ4n) is 2.31. The number of benzene rings is 2.